The summed E-state index contributed by atoms with van der Waals surface area (Å²) in [7, 11) is 5.34. The second kappa shape index (κ2) is 8.69. The number of ether oxygens (including phenoxy) is 2. The van der Waals surface area contributed by atoms with E-state index in [0.717, 1.165) is 46.7 Å². The van der Waals surface area contributed by atoms with Gasteiger partial charge in [-0.05, 0) is 61.0 Å². The summed E-state index contributed by atoms with van der Waals surface area (Å²) < 4.78 is 10.4. The number of ketones is 1. The van der Waals surface area contributed by atoms with E-state index < -0.39 is 0 Å². The first kappa shape index (κ1) is 18.9. The van der Waals surface area contributed by atoms with Crippen LogP contribution in [0.25, 0.3) is 12.2 Å². The van der Waals surface area contributed by atoms with Gasteiger partial charge in [-0.3, -0.25) is 4.79 Å². The Labute approximate surface area is 160 Å². The third-order valence-corrected chi connectivity index (χ3v) is 4.70. The molecule has 4 heteroatoms. The monoisotopic (exact) mass is 363 g/mol. The number of nitrogens with zero attached hydrogens (tertiary/aromatic N) is 1. The fraction of sp³-hybridized carbons (Fsp3) is 0.261. The molecular formula is C23H25NO3. The van der Waals surface area contributed by atoms with E-state index in [1.165, 1.54) is 0 Å². The molecule has 0 atom stereocenters. The number of hydrogen-bond acceptors (Lipinski definition) is 4. The lowest BCUT2D eigenvalue weighted by molar-refractivity contribution is -0.112. The number of carbonyl (C=O) groups excluding carboxylic acids is 1. The number of likely N-dealkylation sites (N-methyl/N-ethyl adjacent to an activating group) is 1. The van der Waals surface area contributed by atoms with Crippen LogP contribution in [0.1, 0.15) is 17.5 Å². The van der Waals surface area contributed by atoms with E-state index in [-0.39, 0.29) is 5.78 Å². The summed E-state index contributed by atoms with van der Waals surface area (Å²) in [5.41, 5.74) is 3.65. The Kier molecular flexibility index (Phi) is 6.09. The molecule has 2 aromatic carbocycles. The number of Topliss-reactive ketones (excluding diaryl/α,β-unsaturated/α-hetero) is 1. The van der Waals surface area contributed by atoms with Crippen LogP contribution in [0.5, 0.6) is 11.5 Å². The molecule has 4 nitrogen and oxygen atoms in total. The molecule has 0 bridgehead atoms. The maximum absolute atomic E-state index is 13.1. The molecule has 0 spiro atoms. The zero-order valence-electron chi connectivity index (χ0n) is 16.1. The second-order valence-electron chi connectivity index (χ2n) is 6.70. The normalized spacial score (nSPS) is 18.6. The topological polar surface area (TPSA) is 38.8 Å². The van der Waals surface area contributed by atoms with Gasteiger partial charge in [0.05, 0.1) is 14.2 Å². The maximum Gasteiger partial charge on any atom is 0.186 e. The largest absolute Gasteiger partial charge is 0.497 e. The van der Waals surface area contributed by atoms with Crippen molar-refractivity contribution in [3.63, 3.8) is 0 Å². The lowest BCUT2D eigenvalue weighted by atomic mass is 9.98. The Hall–Kier alpha value is -2.85. The van der Waals surface area contributed by atoms with Crippen LogP contribution in [-0.2, 0) is 4.79 Å². The van der Waals surface area contributed by atoms with Gasteiger partial charge in [0.2, 0.25) is 0 Å². The van der Waals surface area contributed by atoms with E-state index in [0.29, 0.717) is 6.54 Å². The summed E-state index contributed by atoms with van der Waals surface area (Å²) in [4.78, 5) is 15.3. The molecule has 27 heavy (non-hydrogen) atoms. The summed E-state index contributed by atoms with van der Waals surface area (Å²) in [5, 5.41) is 0. The fourth-order valence-corrected chi connectivity index (χ4v) is 3.12. The number of carbonyl (C=O) groups is 1. The lowest BCUT2D eigenvalue weighted by Gasteiger charge is -2.12. The van der Waals surface area contributed by atoms with Crippen LogP contribution >= 0.6 is 0 Å². The van der Waals surface area contributed by atoms with Gasteiger partial charge in [-0.15, -0.1) is 0 Å². The maximum atomic E-state index is 13.1. The number of likely N-dealkylation sites (tertiary alicyclic amines) is 1. The summed E-state index contributed by atoms with van der Waals surface area (Å²) in [6.45, 7) is 1.50. The first-order valence-electron chi connectivity index (χ1n) is 9.01. The zero-order valence-corrected chi connectivity index (χ0v) is 16.1. The number of rotatable bonds is 4. The molecule has 3 rings (SSSR count). The summed E-state index contributed by atoms with van der Waals surface area (Å²) >= 11 is 0. The van der Waals surface area contributed by atoms with Gasteiger partial charge in [-0.1, -0.05) is 24.3 Å². The van der Waals surface area contributed by atoms with E-state index >= 15 is 0 Å². The molecule has 1 fully saturated rings. The lowest BCUT2D eigenvalue weighted by Crippen LogP contribution is -2.20. The van der Waals surface area contributed by atoms with E-state index in [9.17, 15) is 4.79 Å². The van der Waals surface area contributed by atoms with Crippen molar-refractivity contribution >= 4 is 17.9 Å². The quantitative estimate of drug-likeness (QED) is 0.768. The Balaban J connectivity index is 1.90. The molecule has 0 saturated carbocycles. The van der Waals surface area contributed by atoms with Crippen molar-refractivity contribution in [1.82, 2.24) is 4.90 Å². The van der Waals surface area contributed by atoms with Gasteiger partial charge < -0.3 is 14.4 Å². The van der Waals surface area contributed by atoms with Crippen LogP contribution in [0.3, 0.4) is 0 Å². The Morgan fingerprint density at radius 1 is 0.815 bits per heavy atom. The van der Waals surface area contributed by atoms with Crippen LogP contribution < -0.4 is 9.47 Å². The van der Waals surface area contributed by atoms with Crippen molar-refractivity contribution in [1.29, 1.82) is 0 Å². The van der Waals surface area contributed by atoms with Crippen molar-refractivity contribution in [3.8, 4) is 11.5 Å². The Bertz CT molecular complexity index is 848. The average molecular weight is 363 g/mol. The summed E-state index contributed by atoms with van der Waals surface area (Å²) in [5.74, 6) is 1.73. The van der Waals surface area contributed by atoms with Gasteiger partial charge in [0.25, 0.3) is 0 Å². The van der Waals surface area contributed by atoms with Crippen LogP contribution in [0.2, 0.25) is 0 Å². The number of benzene rings is 2. The first-order valence-corrected chi connectivity index (χ1v) is 9.01. The predicted molar refractivity (Wildman–Crippen MR) is 109 cm³/mol. The highest BCUT2D eigenvalue weighted by molar-refractivity contribution is 6.13. The molecule has 0 radical (unpaired) electrons. The molecule has 1 heterocycles. The van der Waals surface area contributed by atoms with Gasteiger partial charge >= 0.3 is 0 Å². The number of methoxy groups -OCH3 is 2. The smallest absolute Gasteiger partial charge is 0.186 e. The molecule has 0 aromatic heterocycles. The third-order valence-electron chi connectivity index (χ3n) is 4.70. The third kappa shape index (κ3) is 4.86. The molecule has 1 aliphatic heterocycles. The minimum absolute atomic E-state index is 0.117. The van der Waals surface area contributed by atoms with E-state index in [1.54, 1.807) is 14.2 Å². The van der Waals surface area contributed by atoms with Crippen LogP contribution in [-0.4, -0.2) is 45.0 Å². The highest BCUT2D eigenvalue weighted by atomic mass is 16.5. The summed E-state index contributed by atoms with van der Waals surface area (Å²) in [6, 6.07) is 15.5. The van der Waals surface area contributed by atoms with E-state index in [1.807, 2.05) is 67.7 Å². The highest BCUT2D eigenvalue weighted by Gasteiger charge is 2.21. The molecule has 1 saturated heterocycles. The van der Waals surface area contributed by atoms with Gasteiger partial charge in [0, 0.05) is 24.2 Å². The predicted octanol–water partition coefficient (Wildman–Crippen LogP) is 4.08. The first-order chi connectivity index (χ1) is 13.1. The van der Waals surface area contributed by atoms with E-state index in [4.69, 9.17) is 9.47 Å². The molecule has 0 N–H and O–H groups in total. The minimum Gasteiger partial charge on any atom is -0.497 e. The van der Waals surface area contributed by atoms with Crippen molar-refractivity contribution in [3.05, 3.63) is 70.8 Å². The van der Waals surface area contributed by atoms with Gasteiger partial charge in [-0.2, -0.15) is 0 Å². The van der Waals surface area contributed by atoms with Crippen LogP contribution in [0, 0.1) is 0 Å². The van der Waals surface area contributed by atoms with Gasteiger partial charge in [-0.25, -0.2) is 0 Å². The molecule has 140 valence electrons. The molecule has 0 aliphatic carbocycles. The highest BCUT2D eigenvalue weighted by Crippen LogP contribution is 2.23. The molecule has 2 aromatic rings. The van der Waals surface area contributed by atoms with Crippen molar-refractivity contribution in [2.24, 2.45) is 0 Å². The van der Waals surface area contributed by atoms with Crippen molar-refractivity contribution in [2.45, 2.75) is 6.42 Å². The van der Waals surface area contributed by atoms with Gasteiger partial charge in [0.1, 0.15) is 11.5 Å². The number of hydrogen-bond donors (Lipinski definition) is 0. The molecule has 0 amide bonds. The minimum atomic E-state index is 0.117. The summed E-state index contributed by atoms with van der Waals surface area (Å²) in [6.07, 6.45) is 4.70. The van der Waals surface area contributed by atoms with E-state index in [2.05, 4.69) is 4.90 Å². The SMILES string of the molecule is COc1ccc(/C=C2/CCN(C)C/C(=C/c3ccc(OC)cc3)C2=O)cc1. The van der Waals surface area contributed by atoms with Gasteiger partial charge in [0.15, 0.2) is 5.78 Å². The molecule has 1 aliphatic rings. The standard InChI is InChI=1S/C23H25NO3/c1-24-13-12-19(14-17-4-8-21(26-2)9-5-17)23(25)20(16-24)15-18-6-10-22(27-3)11-7-18/h4-11,14-15H,12-13,16H2,1-3H3/b19-14-,20-15-. The van der Waals surface area contributed by atoms with Crippen LogP contribution in [0.15, 0.2) is 59.7 Å². The average Bonchev–Trinajstić information content (AvgIpc) is 2.83. The molecular weight excluding hydrogens is 338 g/mol. The van der Waals surface area contributed by atoms with Crippen LogP contribution in [0.4, 0.5) is 0 Å². The fourth-order valence-electron chi connectivity index (χ4n) is 3.12. The second-order valence-corrected chi connectivity index (χ2v) is 6.70. The Morgan fingerprint density at radius 3 is 1.78 bits per heavy atom. The van der Waals surface area contributed by atoms with Crippen molar-refractivity contribution < 1.29 is 14.3 Å². The molecule has 0 unspecified atom stereocenters. The zero-order chi connectivity index (χ0) is 19.2. The Morgan fingerprint density at radius 2 is 1.30 bits per heavy atom. The van der Waals surface area contributed by atoms with Crippen molar-refractivity contribution in [2.75, 3.05) is 34.4 Å².